The topological polar surface area (TPSA) is 32.6 Å². The van der Waals surface area contributed by atoms with E-state index in [0.717, 1.165) is 6.42 Å². The molecule has 0 heterocycles. The molecule has 0 aliphatic rings. The Hall–Kier alpha value is -0.790. The van der Waals surface area contributed by atoms with Crippen molar-refractivity contribution in [3.8, 4) is 0 Å². The minimum Gasteiger partial charge on any atom is -0.411 e. The highest BCUT2D eigenvalue weighted by Gasteiger charge is 1.87. The summed E-state index contributed by atoms with van der Waals surface area (Å²) in [6, 6.07) is 0. The maximum absolute atomic E-state index is 8.24. The highest BCUT2D eigenvalue weighted by molar-refractivity contribution is 5.92. The molecule has 0 saturated heterocycles. The molecule has 0 spiro atoms. The van der Waals surface area contributed by atoms with Crippen LogP contribution in [0, 0.1) is 5.92 Å². The molecule has 1 N–H and O–H groups in total. The Labute approximate surface area is 62.2 Å². The van der Waals surface area contributed by atoms with Gasteiger partial charge in [-0.05, 0) is 25.3 Å². The standard InChI is InChI=1S/C8H15NO/c1-7(2)5-4-6-8(3)9-10/h4,6-7,10H,5H2,1-3H3/b6-4+,9-8+. The monoisotopic (exact) mass is 141 g/mol. The summed E-state index contributed by atoms with van der Waals surface area (Å²) in [6.07, 6.45) is 4.87. The van der Waals surface area contributed by atoms with Crippen molar-refractivity contribution < 1.29 is 5.21 Å². The van der Waals surface area contributed by atoms with E-state index < -0.39 is 0 Å². The lowest BCUT2D eigenvalue weighted by atomic mass is 10.1. The zero-order valence-electron chi connectivity index (χ0n) is 6.83. The van der Waals surface area contributed by atoms with Gasteiger partial charge in [0, 0.05) is 0 Å². The lowest BCUT2D eigenvalue weighted by molar-refractivity contribution is 0.319. The molecule has 0 aliphatic carbocycles. The minimum atomic E-state index is 0.653. The molecule has 0 rings (SSSR count). The molecule has 0 saturated carbocycles. The number of nitrogens with zero attached hydrogens (tertiary/aromatic N) is 1. The Kier molecular flexibility index (Phi) is 4.63. The van der Waals surface area contributed by atoms with E-state index in [0.29, 0.717) is 11.6 Å². The molecule has 10 heavy (non-hydrogen) atoms. The molecule has 0 aromatic carbocycles. The summed E-state index contributed by atoms with van der Waals surface area (Å²) in [5.74, 6) is 0.669. The van der Waals surface area contributed by atoms with Crippen molar-refractivity contribution in [2.24, 2.45) is 11.1 Å². The number of oxime groups is 1. The van der Waals surface area contributed by atoms with E-state index in [4.69, 9.17) is 5.21 Å². The molecule has 2 nitrogen and oxygen atoms in total. The Morgan fingerprint density at radius 1 is 1.60 bits per heavy atom. The van der Waals surface area contributed by atoms with Crippen LogP contribution in [0.2, 0.25) is 0 Å². The van der Waals surface area contributed by atoms with E-state index in [1.807, 2.05) is 12.2 Å². The second kappa shape index (κ2) is 5.03. The maximum atomic E-state index is 8.24. The Morgan fingerprint density at radius 3 is 2.60 bits per heavy atom. The van der Waals surface area contributed by atoms with Crippen LogP contribution in [0.4, 0.5) is 0 Å². The van der Waals surface area contributed by atoms with Gasteiger partial charge in [0.25, 0.3) is 0 Å². The fourth-order valence-corrected chi connectivity index (χ4v) is 0.544. The summed E-state index contributed by atoms with van der Waals surface area (Å²) >= 11 is 0. The van der Waals surface area contributed by atoms with Crippen LogP contribution >= 0.6 is 0 Å². The summed E-state index contributed by atoms with van der Waals surface area (Å²) in [5, 5.41) is 11.3. The molecule has 0 unspecified atom stereocenters. The van der Waals surface area contributed by atoms with Crippen molar-refractivity contribution in [2.45, 2.75) is 27.2 Å². The second-order valence-electron chi connectivity index (χ2n) is 2.77. The van der Waals surface area contributed by atoms with Crippen molar-refractivity contribution in [2.75, 3.05) is 0 Å². The summed E-state index contributed by atoms with van der Waals surface area (Å²) < 4.78 is 0. The van der Waals surface area contributed by atoms with Crippen LogP contribution < -0.4 is 0 Å². The van der Waals surface area contributed by atoms with E-state index in [-0.39, 0.29) is 0 Å². The van der Waals surface area contributed by atoms with Gasteiger partial charge in [-0.25, -0.2) is 0 Å². The molecule has 0 amide bonds. The molecule has 0 aromatic rings. The largest absolute Gasteiger partial charge is 0.411 e. The van der Waals surface area contributed by atoms with E-state index >= 15 is 0 Å². The fraction of sp³-hybridized carbons (Fsp3) is 0.625. The predicted molar refractivity (Wildman–Crippen MR) is 43.5 cm³/mol. The molecule has 0 radical (unpaired) electrons. The third kappa shape index (κ3) is 5.35. The van der Waals surface area contributed by atoms with Crippen LogP contribution in [0.3, 0.4) is 0 Å². The van der Waals surface area contributed by atoms with Crippen molar-refractivity contribution in [3.05, 3.63) is 12.2 Å². The van der Waals surface area contributed by atoms with E-state index in [9.17, 15) is 0 Å². The average Bonchev–Trinajstić information content (AvgIpc) is 1.87. The van der Waals surface area contributed by atoms with Gasteiger partial charge in [0.05, 0.1) is 5.71 Å². The van der Waals surface area contributed by atoms with Gasteiger partial charge < -0.3 is 5.21 Å². The quantitative estimate of drug-likeness (QED) is 0.365. The third-order valence-electron chi connectivity index (χ3n) is 1.12. The maximum Gasteiger partial charge on any atom is 0.0761 e. The Bertz CT molecular complexity index is 136. The minimum absolute atomic E-state index is 0.653. The molecule has 0 aliphatic heterocycles. The Balaban J connectivity index is 3.56. The first-order valence-electron chi connectivity index (χ1n) is 3.52. The van der Waals surface area contributed by atoms with E-state index in [1.54, 1.807) is 6.92 Å². The van der Waals surface area contributed by atoms with Gasteiger partial charge >= 0.3 is 0 Å². The van der Waals surface area contributed by atoms with Crippen LogP contribution in [0.1, 0.15) is 27.2 Å². The molecule has 58 valence electrons. The smallest absolute Gasteiger partial charge is 0.0761 e. The van der Waals surface area contributed by atoms with Gasteiger partial charge in [-0.2, -0.15) is 0 Å². The second-order valence-corrected chi connectivity index (χ2v) is 2.77. The molecule has 0 fully saturated rings. The van der Waals surface area contributed by atoms with Gasteiger partial charge in [0.1, 0.15) is 0 Å². The van der Waals surface area contributed by atoms with Gasteiger partial charge in [-0.15, -0.1) is 0 Å². The highest BCUT2D eigenvalue weighted by Crippen LogP contribution is 1.99. The third-order valence-corrected chi connectivity index (χ3v) is 1.12. The zero-order chi connectivity index (χ0) is 7.98. The van der Waals surface area contributed by atoms with E-state index in [2.05, 4.69) is 19.0 Å². The van der Waals surface area contributed by atoms with Crippen molar-refractivity contribution in [1.29, 1.82) is 0 Å². The first-order chi connectivity index (χ1) is 4.66. The number of allylic oxidation sites excluding steroid dienone is 2. The normalized spacial score (nSPS) is 13.4. The van der Waals surface area contributed by atoms with Gasteiger partial charge in [-0.3, -0.25) is 0 Å². The predicted octanol–water partition coefficient (Wildman–Crippen LogP) is 2.44. The number of hydrogen-bond acceptors (Lipinski definition) is 2. The van der Waals surface area contributed by atoms with Crippen molar-refractivity contribution in [3.63, 3.8) is 0 Å². The SMILES string of the molecule is CC(/C=C/CC(C)C)=N\O. The highest BCUT2D eigenvalue weighted by atomic mass is 16.4. The van der Waals surface area contributed by atoms with Crippen LogP contribution in [-0.4, -0.2) is 10.9 Å². The van der Waals surface area contributed by atoms with Crippen LogP contribution in [-0.2, 0) is 0 Å². The average molecular weight is 141 g/mol. The van der Waals surface area contributed by atoms with Gasteiger partial charge in [-0.1, -0.05) is 25.1 Å². The Morgan fingerprint density at radius 2 is 2.20 bits per heavy atom. The van der Waals surface area contributed by atoms with E-state index in [1.165, 1.54) is 0 Å². The summed E-state index contributed by atoms with van der Waals surface area (Å²) in [5.41, 5.74) is 0.653. The lowest BCUT2D eigenvalue weighted by Gasteiger charge is -1.95. The molecule has 0 bridgehead atoms. The van der Waals surface area contributed by atoms with Crippen molar-refractivity contribution in [1.82, 2.24) is 0 Å². The fourth-order valence-electron chi connectivity index (χ4n) is 0.544. The summed E-state index contributed by atoms with van der Waals surface area (Å²) in [4.78, 5) is 0. The zero-order valence-corrected chi connectivity index (χ0v) is 6.83. The van der Waals surface area contributed by atoms with Gasteiger partial charge in [0.2, 0.25) is 0 Å². The lowest BCUT2D eigenvalue weighted by Crippen LogP contribution is -1.85. The molecule has 2 heteroatoms. The number of hydrogen-bond donors (Lipinski definition) is 1. The first-order valence-corrected chi connectivity index (χ1v) is 3.52. The molecule has 0 atom stereocenters. The first kappa shape index (κ1) is 9.21. The van der Waals surface area contributed by atoms with Gasteiger partial charge in [0.15, 0.2) is 0 Å². The van der Waals surface area contributed by atoms with Crippen molar-refractivity contribution >= 4 is 5.71 Å². The summed E-state index contributed by atoms with van der Waals surface area (Å²) in [6.45, 7) is 6.06. The number of rotatable bonds is 3. The van der Waals surface area contributed by atoms with Crippen LogP contribution in [0.25, 0.3) is 0 Å². The molecular weight excluding hydrogens is 126 g/mol. The summed E-state index contributed by atoms with van der Waals surface area (Å²) in [7, 11) is 0. The van der Waals surface area contributed by atoms with Crippen LogP contribution in [0.15, 0.2) is 17.3 Å². The van der Waals surface area contributed by atoms with Crippen LogP contribution in [0.5, 0.6) is 0 Å². The molecular formula is C8H15NO. The molecule has 0 aromatic heterocycles.